The number of primary amides is 1. The highest BCUT2D eigenvalue weighted by atomic mass is 16.2. The van der Waals surface area contributed by atoms with Crippen molar-refractivity contribution in [2.75, 3.05) is 13.1 Å². The standard InChI is InChI=1S/C14H19N3O2/c1-14(13(16)19)7-8-17(9-14)12(18)11(15)10-5-3-2-4-6-10/h2-6,11H,7-9,15H2,1H3,(H2,16,19). The lowest BCUT2D eigenvalue weighted by Crippen LogP contribution is -2.41. The van der Waals surface area contributed by atoms with Crippen LogP contribution in [0.15, 0.2) is 30.3 Å². The molecule has 2 atom stereocenters. The Morgan fingerprint density at radius 1 is 1.32 bits per heavy atom. The van der Waals surface area contributed by atoms with Gasteiger partial charge < -0.3 is 16.4 Å². The molecule has 5 heteroatoms. The predicted octanol–water partition coefficient (Wildman–Crippen LogP) is 0.410. The van der Waals surface area contributed by atoms with Gasteiger partial charge in [-0.3, -0.25) is 9.59 Å². The van der Waals surface area contributed by atoms with E-state index in [0.29, 0.717) is 19.5 Å². The summed E-state index contributed by atoms with van der Waals surface area (Å²) in [5.41, 5.74) is 11.5. The molecule has 2 rings (SSSR count). The topological polar surface area (TPSA) is 89.4 Å². The zero-order valence-corrected chi connectivity index (χ0v) is 11.0. The molecule has 2 unspecified atom stereocenters. The molecule has 0 radical (unpaired) electrons. The minimum absolute atomic E-state index is 0.156. The van der Waals surface area contributed by atoms with Crippen LogP contribution in [0.25, 0.3) is 0 Å². The molecule has 1 aliphatic heterocycles. The number of amides is 2. The van der Waals surface area contributed by atoms with Crippen LogP contribution in [0.1, 0.15) is 24.9 Å². The fourth-order valence-electron chi connectivity index (χ4n) is 2.35. The lowest BCUT2D eigenvalue weighted by molar-refractivity contribution is -0.133. The number of hydrogen-bond acceptors (Lipinski definition) is 3. The molecule has 1 aromatic rings. The maximum absolute atomic E-state index is 12.3. The Balaban J connectivity index is 2.08. The first-order chi connectivity index (χ1) is 8.94. The summed E-state index contributed by atoms with van der Waals surface area (Å²) in [6.07, 6.45) is 0.593. The Morgan fingerprint density at radius 2 is 1.95 bits per heavy atom. The van der Waals surface area contributed by atoms with Crippen LogP contribution in [-0.2, 0) is 9.59 Å². The molecule has 0 bridgehead atoms. The molecular formula is C14H19N3O2. The molecule has 1 aliphatic rings. The van der Waals surface area contributed by atoms with Crippen LogP contribution >= 0.6 is 0 Å². The van der Waals surface area contributed by atoms with Crippen molar-refractivity contribution >= 4 is 11.8 Å². The molecular weight excluding hydrogens is 242 g/mol. The van der Waals surface area contributed by atoms with Crippen molar-refractivity contribution in [2.24, 2.45) is 16.9 Å². The van der Waals surface area contributed by atoms with Crippen molar-refractivity contribution in [1.82, 2.24) is 4.90 Å². The van der Waals surface area contributed by atoms with E-state index in [-0.39, 0.29) is 11.8 Å². The molecule has 1 aromatic carbocycles. The van der Waals surface area contributed by atoms with Gasteiger partial charge in [0.05, 0.1) is 5.41 Å². The monoisotopic (exact) mass is 261 g/mol. The van der Waals surface area contributed by atoms with Crippen molar-refractivity contribution < 1.29 is 9.59 Å². The van der Waals surface area contributed by atoms with E-state index in [9.17, 15) is 9.59 Å². The number of carbonyl (C=O) groups excluding carboxylic acids is 2. The fourth-order valence-corrected chi connectivity index (χ4v) is 2.35. The second-order valence-electron chi connectivity index (χ2n) is 5.32. The summed E-state index contributed by atoms with van der Waals surface area (Å²) in [6.45, 7) is 2.66. The number of carbonyl (C=O) groups is 2. The van der Waals surface area contributed by atoms with Crippen molar-refractivity contribution in [2.45, 2.75) is 19.4 Å². The van der Waals surface area contributed by atoms with Crippen LogP contribution in [-0.4, -0.2) is 29.8 Å². The van der Waals surface area contributed by atoms with E-state index >= 15 is 0 Å². The molecule has 4 N–H and O–H groups in total. The van der Waals surface area contributed by atoms with Crippen molar-refractivity contribution in [3.63, 3.8) is 0 Å². The van der Waals surface area contributed by atoms with Gasteiger partial charge in [-0.25, -0.2) is 0 Å². The average Bonchev–Trinajstić information content (AvgIpc) is 2.82. The third-order valence-electron chi connectivity index (χ3n) is 3.80. The molecule has 0 aliphatic carbocycles. The van der Waals surface area contributed by atoms with Crippen LogP contribution in [0.5, 0.6) is 0 Å². The number of nitrogens with two attached hydrogens (primary N) is 2. The van der Waals surface area contributed by atoms with Crippen LogP contribution in [0.2, 0.25) is 0 Å². The van der Waals surface area contributed by atoms with Crippen molar-refractivity contribution in [3.05, 3.63) is 35.9 Å². The number of likely N-dealkylation sites (tertiary alicyclic amines) is 1. The van der Waals surface area contributed by atoms with E-state index in [2.05, 4.69) is 0 Å². The number of rotatable bonds is 3. The van der Waals surface area contributed by atoms with E-state index < -0.39 is 11.5 Å². The smallest absolute Gasteiger partial charge is 0.244 e. The summed E-state index contributed by atoms with van der Waals surface area (Å²) in [6, 6.07) is 8.54. The highest BCUT2D eigenvalue weighted by molar-refractivity contribution is 5.86. The first-order valence-corrected chi connectivity index (χ1v) is 6.33. The van der Waals surface area contributed by atoms with E-state index in [1.165, 1.54) is 0 Å². The number of hydrogen-bond donors (Lipinski definition) is 2. The lowest BCUT2D eigenvalue weighted by atomic mass is 9.89. The second-order valence-corrected chi connectivity index (χ2v) is 5.32. The predicted molar refractivity (Wildman–Crippen MR) is 71.9 cm³/mol. The van der Waals surface area contributed by atoms with Gasteiger partial charge in [0.2, 0.25) is 11.8 Å². The van der Waals surface area contributed by atoms with Gasteiger partial charge in [-0.1, -0.05) is 30.3 Å². The zero-order valence-electron chi connectivity index (χ0n) is 11.0. The summed E-state index contributed by atoms with van der Waals surface area (Å²) in [7, 11) is 0. The Labute approximate surface area is 112 Å². The normalized spacial score (nSPS) is 24.2. The van der Waals surface area contributed by atoms with Crippen LogP contribution in [0, 0.1) is 5.41 Å². The summed E-state index contributed by atoms with van der Waals surface area (Å²) >= 11 is 0. The van der Waals surface area contributed by atoms with Gasteiger partial charge in [0.1, 0.15) is 6.04 Å². The van der Waals surface area contributed by atoms with Gasteiger partial charge >= 0.3 is 0 Å². The van der Waals surface area contributed by atoms with Crippen molar-refractivity contribution in [3.8, 4) is 0 Å². The minimum Gasteiger partial charge on any atom is -0.369 e. The van der Waals surface area contributed by atoms with Crippen LogP contribution in [0.4, 0.5) is 0 Å². The highest BCUT2D eigenvalue weighted by Gasteiger charge is 2.41. The molecule has 1 heterocycles. The summed E-state index contributed by atoms with van der Waals surface area (Å²) in [4.78, 5) is 25.3. The molecule has 102 valence electrons. The maximum atomic E-state index is 12.3. The minimum atomic E-state index is -0.684. The van der Waals surface area contributed by atoms with Gasteiger partial charge in [0.15, 0.2) is 0 Å². The first-order valence-electron chi connectivity index (χ1n) is 6.33. The Kier molecular flexibility index (Phi) is 3.57. The molecule has 1 saturated heterocycles. The van der Waals surface area contributed by atoms with Gasteiger partial charge in [0.25, 0.3) is 0 Å². The summed E-state index contributed by atoms with van der Waals surface area (Å²) < 4.78 is 0. The van der Waals surface area contributed by atoms with Crippen LogP contribution < -0.4 is 11.5 Å². The van der Waals surface area contributed by atoms with E-state index in [1.807, 2.05) is 30.3 Å². The largest absolute Gasteiger partial charge is 0.369 e. The van der Waals surface area contributed by atoms with Crippen molar-refractivity contribution in [1.29, 1.82) is 0 Å². The molecule has 0 spiro atoms. The zero-order chi connectivity index (χ0) is 14.0. The van der Waals surface area contributed by atoms with Crippen LogP contribution in [0.3, 0.4) is 0 Å². The summed E-state index contributed by atoms with van der Waals surface area (Å²) in [5, 5.41) is 0. The Bertz CT molecular complexity index is 489. The SMILES string of the molecule is CC1(C(N)=O)CCN(C(=O)C(N)c2ccccc2)C1. The Morgan fingerprint density at radius 3 is 2.47 bits per heavy atom. The fraction of sp³-hybridized carbons (Fsp3) is 0.429. The van der Waals surface area contributed by atoms with Gasteiger partial charge in [-0.05, 0) is 18.9 Å². The second kappa shape index (κ2) is 5.01. The average molecular weight is 261 g/mol. The molecule has 0 saturated carbocycles. The number of benzene rings is 1. The summed E-state index contributed by atoms with van der Waals surface area (Å²) in [5.74, 6) is -0.521. The maximum Gasteiger partial charge on any atom is 0.244 e. The quantitative estimate of drug-likeness (QED) is 0.825. The number of nitrogens with zero attached hydrogens (tertiary/aromatic N) is 1. The highest BCUT2D eigenvalue weighted by Crippen LogP contribution is 2.30. The third kappa shape index (κ3) is 2.61. The first kappa shape index (κ1) is 13.5. The molecule has 19 heavy (non-hydrogen) atoms. The van der Waals surface area contributed by atoms with E-state index in [1.54, 1.807) is 11.8 Å². The molecule has 5 nitrogen and oxygen atoms in total. The van der Waals surface area contributed by atoms with Gasteiger partial charge in [-0.2, -0.15) is 0 Å². The van der Waals surface area contributed by atoms with Gasteiger partial charge in [-0.15, -0.1) is 0 Å². The molecule has 2 amide bonds. The molecule has 0 aromatic heterocycles. The van der Waals surface area contributed by atoms with E-state index in [4.69, 9.17) is 11.5 Å². The van der Waals surface area contributed by atoms with E-state index in [0.717, 1.165) is 5.56 Å². The lowest BCUT2D eigenvalue weighted by Gasteiger charge is -2.23. The third-order valence-corrected chi connectivity index (χ3v) is 3.80. The Hall–Kier alpha value is -1.88. The molecule has 1 fully saturated rings. The van der Waals surface area contributed by atoms with Gasteiger partial charge in [0, 0.05) is 13.1 Å².